The van der Waals surface area contributed by atoms with Crippen LogP contribution in [0.15, 0.2) is 30.6 Å². The average Bonchev–Trinajstić information content (AvgIpc) is 2.17. The molecule has 9 heteroatoms. The molecular formula is C9H3BrF3NO4. The number of benzene rings is 1. The van der Waals surface area contributed by atoms with Crippen molar-refractivity contribution < 1.29 is 22.3 Å². The van der Waals surface area contributed by atoms with E-state index in [1.54, 1.807) is 0 Å². The minimum atomic E-state index is -4.88. The summed E-state index contributed by atoms with van der Waals surface area (Å²) in [5.74, 6) is -1.60. The number of hydrogen-bond acceptors (Lipinski definition) is 4. The van der Waals surface area contributed by atoms with Crippen molar-refractivity contribution in [3.05, 3.63) is 37.6 Å². The fourth-order valence-corrected chi connectivity index (χ4v) is 1.87. The quantitative estimate of drug-likeness (QED) is 0.871. The van der Waals surface area contributed by atoms with Crippen LogP contribution in [0.2, 0.25) is 0 Å². The molecule has 0 unspecified atom stereocenters. The van der Waals surface area contributed by atoms with Crippen LogP contribution in [-0.4, -0.2) is 11.3 Å². The summed E-state index contributed by atoms with van der Waals surface area (Å²) in [5, 5.41) is -0.233. The third-order valence-electron chi connectivity index (χ3n) is 1.93. The van der Waals surface area contributed by atoms with Crippen molar-refractivity contribution in [3.63, 3.8) is 0 Å². The van der Waals surface area contributed by atoms with Crippen LogP contribution in [0.1, 0.15) is 0 Å². The first-order chi connectivity index (χ1) is 8.26. The Morgan fingerprint density at radius 3 is 2.56 bits per heavy atom. The van der Waals surface area contributed by atoms with Gasteiger partial charge in [0.1, 0.15) is 5.75 Å². The Morgan fingerprint density at radius 2 is 1.94 bits per heavy atom. The van der Waals surface area contributed by atoms with Crippen LogP contribution in [0.4, 0.5) is 13.2 Å². The fourth-order valence-electron chi connectivity index (χ4n) is 1.33. The molecule has 0 aliphatic carbocycles. The SMILES string of the molecule is O=c1[nH]c2c(Br)cc(OC(F)(F)F)cc2c(=O)o1. The van der Waals surface area contributed by atoms with Gasteiger partial charge in [-0.25, -0.2) is 9.59 Å². The van der Waals surface area contributed by atoms with Gasteiger partial charge in [0, 0.05) is 4.47 Å². The maximum absolute atomic E-state index is 12.0. The van der Waals surface area contributed by atoms with Gasteiger partial charge in [0.25, 0.3) is 0 Å². The summed E-state index contributed by atoms with van der Waals surface area (Å²) < 4.78 is 44.1. The lowest BCUT2D eigenvalue weighted by molar-refractivity contribution is -0.274. The van der Waals surface area contributed by atoms with Crippen LogP contribution in [0.5, 0.6) is 5.75 Å². The van der Waals surface area contributed by atoms with Gasteiger partial charge in [-0.3, -0.25) is 4.98 Å². The summed E-state index contributed by atoms with van der Waals surface area (Å²) in [4.78, 5) is 24.4. The minimum absolute atomic E-state index is 0.0331. The van der Waals surface area contributed by atoms with Gasteiger partial charge in [-0.15, -0.1) is 13.2 Å². The number of alkyl halides is 3. The zero-order chi connectivity index (χ0) is 13.5. The van der Waals surface area contributed by atoms with Crippen molar-refractivity contribution in [2.75, 3.05) is 0 Å². The van der Waals surface area contributed by atoms with Crippen molar-refractivity contribution in [2.24, 2.45) is 0 Å². The molecular weight excluding hydrogens is 323 g/mol. The number of nitrogens with one attached hydrogen (secondary N) is 1. The maximum atomic E-state index is 12.0. The highest BCUT2D eigenvalue weighted by atomic mass is 79.9. The monoisotopic (exact) mass is 325 g/mol. The molecule has 0 saturated carbocycles. The number of hydrogen-bond donors (Lipinski definition) is 1. The fraction of sp³-hybridized carbons (Fsp3) is 0.111. The number of rotatable bonds is 1. The second-order valence-electron chi connectivity index (χ2n) is 3.18. The molecule has 0 spiro atoms. The highest BCUT2D eigenvalue weighted by Crippen LogP contribution is 2.29. The van der Waals surface area contributed by atoms with Gasteiger partial charge in [0.05, 0.1) is 10.9 Å². The van der Waals surface area contributed by atoms with E-state index in [0.29, 0.717) is 0 Å². The molecule has 0 bridgehead atoms. The third kappa shape index (κ3) is 2.55. The molecule has 5 nitrogen and oxygen atoms in total. The van der Waals surface area contributed by atoms with Gasteiger partial charge in [-0.2, -0.15) is 0 Å². The topological polar surface area (TPSA) is 72.3 Å². The normalized spacial score (nSPS) is 11.8. The van der Waals surface area contributed by atoms with Crippen molar-refractivity contribution >= 4 is 26.8 Å². The predicted octanol–water partition coefficient (Wildman–Crippen LogP) is 2.14. The summed E-state index contributed by atoms with van der Waals surface area (Å²) >= 11 is 2.93. The van der Waals surface area contributed by atoms with Crippen molar-refractivity contribution in [1.29, 1.82) is 0 Å². The van der Waals surface area contributed by atoms with Gasteiger partial charge in [0.2, 0.25) is 0 Å². The van der Waals surface area contributed by atoms with E-state index in [2.05, 4.69) is 30.1 Å². The Bertz CT molecular complexity index is 718. The first kappa shape index (κ1) is 12.7. The van der Waals surface area contributed by atoms with Crippen LogP contribution in [-0.2, 0) is 0 Å². The van der Waals surface area contributed by atoms with E-state index in [4.69, 9.17) is 0 Å². The van der Waals surface area contributed by atoms with E-state index in [1.807, 2.05) is 0 Å². The predicted molar refractivity (Wildman–Crippen MR) is 57.5 cm³/mol. The van der Waals surface area contributed by atoms with Crippen LogP contribution >= 0.6 is 15.9 Å². The summed E-state index contributed by atoms with van der Waals surface area (Å²) in [7, 11) is 0. The summed E-state index contributed by atoms with van der Waals surface area (Å²) in [6.45, 7) is 0. The molecule has 2 aromatic rings. The molecule has 0 aliphatic rings. The molecule has 1 N–H and O–H groups in total. The molecule has 0 amide bonds. The Balaban J connectivity index is 2.70. The van der Waals surface area contributed by atoms with Crippen molar-refractivity contribution in [2.45, 2.75) is 6.36 Å². The van der Waals surface area contributed by atoms with E-state index in [9.17, 15) is 22.8 Å². The van der Waals surface area contributed by atoms with Gasteiger partial charge < -0.3 is 9.15 Å². The van der Waals surface area contributed by atoms with Crippen LogP contribution in [0.25, 0.3) is 10.9 Å². The van der Waals surface area contributed by atoms with E-state index in [-0.39, 0.29) is 15.4 Å². The molecule has 18 heavy (non-hydrogen) atoms. The van der Waals surface area contributed by atoms with Crippen molar-refractivity contribution in [1.82, 2.24) is 4.98 Å². The second kappa shape index (κ2) is 4.16. The molecule has 0 saturated heterocycles. The van der Waals surface area contributed by atoms with Gasteiger partial charge >= 0.3 is 17.7 Å². The molecule has 2 rings (SSSR count). The lowest BCUT2D eigenvalue weighted by Gasteiger charge is -2.09. The number of ether oxygens (including phenoxy) is 1. The van der Waals surface area contributed by atoms with Crippen LogP contribution < -0.4 is 16.1 Å². The molecule has 0 radical (unpaired) electrons. The van der Waals surface area contributed by atoms with E-state index in [1.165, 1.54) is 0 Å². The molecule has 1 heterocycles. The minimum Gasteiger partial charge on any atom is -0.406 e. The summed E-state index contributed by atoms with van der Waals surface area (Å²) in [6, 6.07) is 1.81. The molecule has 0 fully saturated rings. The molecule has 96 valence electrons. The Labute approximate surface area is 104 Å². The van der Waals surface area contributed by atoms with E-state index >= 15 is 0 Å². The van der Waals surface area contributed by atoms with Crippen molar-refractivity contribution in [3.8, 4) is 5.75 Å². The standard InChI is InChI=1S/C9H3BrF3NO4/c10-5-2-3(18-9(11,12)13)1-4-6(5)14-8(16)17-7(4)15/h1-2H,(H,14,16). The lowest BCUT2D eigenvalue weighted by atomic mass is 10.2. The largest absolute Gasteiger partial charge is 0.573 e. The van der Waals surface area contributed by atoms with Gasteiger partial charge in [-0.1, -0.05) is 0 Å². The first-order valence-electron chi connectivity index (χ1n) is 4.39. The van der Waals surface area contributed by atoms with Crippen LogP contribution in [0, 0.1) is 0 Å². The zero-order valence-electron chi connectivity index (χ0n) is 8.30. The number of H-pyrrole nitrogens is 1. The Kier molecular flexibility index (Phi) is 2.93. The maximum Gasteiger partial charge on any atom is 0.573 e. The number of fused-ring (bicyclic) bond motifs is 1. The number of aromatic nitrogens is 1. The molecule has 1 aromatic heterocycles. The van der Waals surface area contributed by atoms with E-state index < -0.39 is 23.5 Å². The highest BCUT2D eigenvalue weighted by Gasteiger charge is 2.31. The summed E-state index contributed by atoms with van der Waals surface area (Å²) in [6.07, 6.45) is -4.88. The smallest absolute Gasteiger partial charge is 0.406 e. The number of aromatic amines is 1. The van der Waals surface area contributed by atoms with Gasteiger partial charge in [-0.05, 0) is 28.1 Å². The first-order valence-corrected chi connectivity index (χ1v) is 5.18. The zero-order valence-corrected chi connectivity index (χ0v) is 9.89. The molecule has 0 atom stereocenters. The number of halogens is 4. The Hall–Kier alpha value is -1.77. The highest BCUT2D eigenvalue weighted by molar-refractivity contribution is 9.10. The third-order valence-corrected chi connectivity index (χ3v) is 2.56. The lowest BCUT2D eigenvalue weighted by Crippen LogP contribution is -2.18. The average molecular weight is 326 g/mol. The van der Waals surface area contributed by atoms with Crippen LogP contribution in [0.3, 0.4) is 0 Å². The Morgan fingerprint density at radius 1 is 1.28 bits per heavy atom. The molecule has 1 aromatic carbocycles. The molecule has 0 aliphatic heterocycles. The second-order valence-corrected chi connectivity index (χ2v) is 4.03. The summed E-state index contributed by atoms with van der Waals surface area (Å²) in [5.41, 5.74) is -1.02. The van der Waals surface area contributed by atoms with Gasteiger partial charge in [0.15, 0.2) is 0 Å². The van der Waals surface area contributed by atoms with E-state index in [0.717, 1.165) is 12.1 Å².